The zero-order valence-electron chi connectivity index (χ0n) is 9.60. The maximum atomic E-state index is 11.3. The van der Waals surface area contributed by atoms with Crippen molar-refractivity contribution in [2.45, 2.75) is 25.3 Å². The van der Waals surface area contributed by atoms with E-state index in [-0.39, 0.29) is 0 Å². The second-order valence-corrected chi connectivity index (χ2v) is 4.87. The second kappa shape index (κ2) is 5.52. The second-order valence-electron chi connectivity index (χ2n) is 4.43. The number of likely N-dealkylation sites (tertiary alicyclic amines) is 1. The highest BCUT2D eigenvalue weighted by molar-refractivity contribution is 6.30. The standard InChI is InChI=1S/C13H16ClNO2/c14-11-5-3-4-10(8-11)9-12(13(16)17)15-6-1-2-7-15/h3-5,8,12H,1-2,6-7,9H2,(H,16,17)/t12-/m0/s1. The van der Waals surface area contributed by atoms with Gasteiger partial charge >= 0.3 is 5.97 Å². The molecule has 0 amide bonds. The zero-order chi connectivity index (χ0) is 12.3. The Hall–Kier alpha value is -1.06. The Kier molecular flexibility index (Phi) is 4.02. The summed E-state index contributed by atoms with van der Waals surface area (Å²) in [4.78, 5) is 13.3. The molecule has 0 saturated carbocycles. The molecule has 1 heterocycles. The molecule has 1 aliphatic rings. The third-order valence-electron chi connectivity index (χ3n) is 3.18. The minimum absolute atomic E-state index is 0.420. The lowest BCUT2D eigenvalue weighted by molar-refractivity contribution is -0.142. The maximum Gasteiger partial charge on any atom is 0.321 e. The molecule has 1 aromatic rings. The monoisotopic (exact) mass is 253 g/mol. The highest BCUT2D eigenvalue weighted by Crippen LogP contribution is 2.18. The van der Waals surface area contributed by atoms with Crippen molar-refractivity contribution >= 4 is 17.6 Å². The first-order valence-electron chi connectivity index (χ1n) is 5.88. The number of benzene rings is 1. The number of carbonyl (C=O) groups is 1. The van der Waals surface area contributed by atoms with Crippen LogP contribution in [-0.2, 0) is 11.2 Å². The van der Waals surface area contributed by atoms with Gasteiger partial charge in [0.1, 0.15) is 6.04 Å². The quantitative estimate of drug-likeness (QED) is 0.896. The molecule has 0 radical (unpaired) electrons. The molecular weight excluding hydrogens is 238 g/mol. The van der Waals surface area contributed by atoms with Gasteiger partial charge in [0.05, 0.1) is 0 Å². The van der Waals surface area contributed by atoms with Crippen molar-refractivity contribution in [1.82, 2.24) is 4.90 Å². The molecule has 4 heteroatoms. The lowest BCUT2D eigenvalue weighted by Gasteiger charge is -2.23. The smallest absolute Gasteiger partial charge is 0.321 e. The predicted molar refractivity (Wildman–Crippen MR) is 67.4 cm³/mol. The van der Waals surface area contributed by atoms with Crippen molar-refractivity contribution in [3.63, 3.8) is 0 Å². The summed E-state index contributed by atoms with van der Waals surface area (Å²) >= 11 is 5.91. The molecule has 0 unspecified atom stereocenters. The molecule has 1 aromatic carbocycles. The third kappa shape index (κ3) is 3.20. The van der Waals surface area contributed by atoms with Gasteiger partial charge in [-0.1, -0.05) is 23.7 Å². The molecular formula is C13H16ClNO2. The van der Waals surface area contributed by atoms with E-state index in [2.05, 4.69) is 0 Å². The SMILES string of the molecule is O=C(O)[C@H](Cc1cccc(Cl)c1)N1CCCC1. The minimum atomic E-state index is -0.744. The minimum Gasteiger partial charge on any atom is -0.480 e. The van der Waals surface area contributed by atoms with Gasteiger partial charge in [0, 0.05) is 5.02 Å². The molecule has 1 saturated heterocycles. The van der Waals surface area contributed by atoms with Crippen LogP contribution in [0.2, 0.25) is 5.02 Å². The average Bonchev–Trinajstić information content (AvgIpc) is 2.78. The summed E-state index contributed by atoms with van der Waals surface area (Å²) in [6, 6.07) is 7.01. The molecule has 3 nitrogen and oxygen atoms in total. The van der Waals surface area contributed by atoms with Crippen LogP contribution in [-0.4, -0.2) is 35.1 Å². The Balaban J connectivity index is 2.09. The number of hydrogen-bond acceptors (Lipinski definition) is 2. The summed E-state index contributed by atoms with van der Waals surface area (Å²) in [6.45, 7) is 1.77. The van der Waals surface area contributed by atoms with Gasteiger partial charge in [-0.15, -0.1) is 0 Å². The topological polar surface area (TPSA) is 40.5 Å². The van der Waals surface area contributed by atoms with Crippen LogP contribution in [0.5, 0.6) is 0 Å². The van der Waals surface area contributed by atoms with Gasteiger partial charge in [0.2, 0.25) is 0 Å². The van der Waals surface area contributed by atoms with E-state index in [9.17, 15) is 9.90 Å². The Morgan fingerprint density at radius 1 is 1.41 bits per heavy atom. The predicted octanol–water partition coefficient (Wildman–Crippen LogP) is 2.43. The molecule has 0 spiro atoms. The number of hydrogen-bond donors (Lipinski definition) is 1. The molecule has 1 atom stereocenters. The fourth-order valence-corrected chi connectivity index (χ4v) is 2.53. The summed E-state index contributed by atoms with van der Waals surface area (Å²) in [5, 5.41) is 9.95. The largest absolute Gasteiger partial charge is 0.480 e. The van der Waals surface area contributed by atoms with E-state index in [0.29, 0.717) is 11.4 Å². The van der Waals surface area contributed by atoms with Crippen LogP contribution in [0.15, 0.2) is 24.3 Å². The van der Waals surface area contributed by atoms with Crippen molar-refractivity contribution in [2.24, 2.45) is 0 Å². The first kappa shape index (κ1) is 12.4. The molecule has 2 rings (SSSR count). The van der Waals surface area contributed by atoms with Crippen molar-refractivity contribution in [1.29, 1.82) is 0 Å². The number of carboxylic acids is 1. The molecule has 0 bridgehead atoms. The van der Waals surface area contributed by atoms with E-state index in [1.807, 2.05) is 23.1 Å². The number of aliphatic carboxylic acids is 1. The molecule has 0 aromatic heterocycles. The summed E-state index contributed by atoms with van der Waals surface area (Å²) in [6.07, 6.45) is 2.72. The Bertz CT molecular complexity index is 402. The molecule has 17 heavy (non-hydrogen) atoms. The van der Waals surface area contributed by atoms with Gasteiger partial charge < -0.3 is 5.11 Å². The van der Waals surface area contributed by atoms with Crippen LogP contribution in [0.25, 0.3) is 0 Å². The Morgan fingerprint density at radius 3 is 2.71 bits per heavy atom. The first-order valence-corrected chi connectivity index (χ1v) is 6.26. The van der Waals surface area contributed by atoms with Gasteiger partial charge in [-0.05, 0) is 50.0 Å². The van der Waals surface area contributed by atoms with Gasteiger partial charge in [0.15, 0.2) is 0 Å². The fourth-order valence-electron chi connectivity index (χ4n) is 2.31. The van der Waals surface area contributed by atoms with Crippen LogP contribution in [0.1, 0.15) is 18.4 Å². The maximum absolute atomic E-state index is 11.3. The van der Waals surface area contributed by atoms with Gasteiger partial charge in [-0.2, -0.15) is 0 Å². The third-order valence-corrected chi connectivity index (χ3v) is 3.42. The summed E-state index contributed by atoms with van der Waals surface area (Å²) in [5.41, 5.74) is 0.983. The summed E-state index contributed by atoms with van der Waals surface area (Å²) in [7, 11) is 0. The van der Waals surface area contributed by atoms with Gasteiger partial charge in [-0.3, -0.25) is 9.69 Å². The average molecular weight is 254 g/mol. The van der Waals surface area contributed by atoms with Crippen molar-refractivity contribution < 1.29 is 9.90 Å². The van der Waals surface area contributed by atoms with Crippen molar-refractivity contribution in [2.75, 3.05) is 13.1 Å². The normalized spacial score (nSPS) is 18.2. The van der Waals surface area contributed by atoms with Gasteiger partial charge in [-0.25, -0.2) is 0 Å². The number of nitrogens with zero attached hydrogens (tertiary/aromatic N) is 1. The Morgan fingerprint density at radius 2 is 2.12 bits per heavy atom. The van der Waals surface area contributed by atoms with Gasteiger partial charge in [0.25, 0.3) is 0 Å². The van der Waals surface area contributed by atoms with Crippen LogP contribution in [0, 0.1) is 0 Å². The number of carboxylic acid groups (broad SMARTS) is 1. The fraction of sp³-hybridized carbons (Fsp3) is 0.462. The molecule has 1 aliphatic heterocycles. The highest BCUT2D eigenvalue weighted by atomic mass is 35.5. The summed E-state index contributed by atoms with van der Waals surface area (Å²) < 4.78 is 0. The summed E-state index contributed by atoms with van der Waals surface area (Å²) in [5.74, 6) is -0.744. The van der Waals surface area contributed by atoms with Crippen molar-refractivity contribution in [3.05, 3.63) is 34.9 Å². The van der Waals surface area contributed by atoms with Crippen molar-refractivity contribution in [3.8, 4) is 0 Å². The Labute approximate surface area is 106 Å². The van der Waals surface area contributed by atoms with E-state index in [4.69, 9.17) is 11.6 Å². The van der Waals surface area contributed by atoms with Crippen LogP contribution in [0.3, 0.4) is 0 Å². The van der Waals surface area contributed by atoms with Crippen LogP contribution < -0.4 is 0 Å². The van der Waals surface area contributed by atoms with E-state index in [1.165, 1.54) is 0 Å². The van der Waals surface area contributed by atoms with E-state index in [0.717, 1.165) is 31.5 Å². The van der Waals surface area contributed by atoms with E-state index >= 15 is 0 Å². The lowest BCUT2D eigenvalue weighted by atomic mass is 10.1. The first-order chi connectivity index (χ1) is 8.16. The van der Waals surface area contributed by atoms with E-state index < -0.39 is 12.0 Å². The molecule has 0 aliphatic carbocycles. The zero-order valence-corrected chi connectivity index (χ0v) is 10.4. The highest BCUT2D eigenvalue weighted by Gasteiger charge is 2.27. The molecule has 1 N–H and O–H groups in total. The number of halogens is 1. The number of rotatable bonds is 4. The van der Waals surface area contributed by atoms with Crippen LogP contribution >= 0.6 is 11.6 Å². The molecule has 92 valence electrons. The van der Waals surface area contributed by atoms with Crippen LogP contribution in [0.4, 0.5) is 0 Å². The lowest BCUT2D eigenvalue weighted by Crippen LogP contribution is -2.40. The molecule has 1 fully saturated rings. The van der Waals surface area contributed by atoms with E-state index in [1.54, 1.807) is 6.07 Å².